The van der Waals surface area contributed by atoms with Gasteiger partial charge in [0.2, 0.25) is 0 Å². The molecule has 0 saturated carbocycles. The lowest BCUT2D eigenvalue weighted by molar-refractivity contribution is 0.0784. The number of hydrogen-bond donors (Lipinski definition) is 1. The molecule has 2 aromatic carbocycles. The average Bonchev–Trinajstić information content (AvgIpc) is 2.40. The van der Waals surface area contributed by atoms with E-state index in [4.69, 9.17) is 0 Å². The quantitative estimate of drug-likeness (QED) is 0.840. The van der Waals surface area contributed by atoms with E-state index >= 15 is 0 Å². The molecule has 0 unspecified atom stereocenters. The molecule has 0 N–H and O–H groups in total. The number of hydrogen-bond acceptors (Lipinski definition) is 2. The Kier molecular flexibility index (Phi) is 4.66. The lowest BCUT2D eigenvalue weighted by Crippen LogP contribution is -2.26. The van der Waals surface area contributed by atoms with Crippen molar-refractivity contribution < 1.29 is 4.79 Å². The molecule has 2 rings (SSSR count). The van der Waals surface area contributed by atoms with Crippen molar-refractivity contribution in [2.75, 3.05) is 7.05 Å². The van der Waals surface area contributed by atoms with Crippen LogP contribution in [-0.4, -0.2) is 17.9 Å². The van der Waals surface area contributed by atoms with Gasteiger partial charge in [-0.15, -0.1) is 12.6 Å². The van der Waals surface area contributed by atoms with Crippen molar-refractivity contribution in [2.45, 2.75) is 11.4 Å². The van der Waals surface area contributed by atoms with Crippen LogP contribution in [0.4, 0.5) is 0 Å². The highest BCUT2D eigenvalue weighted by molar-refractivity contribution is 9.10. The molecule has 0 heterocycles. The predicted molar refractivity (Wildman–Crippen MR) is 83.6 cm³/mol. The van der Waals surface area contributed by atoms with Crippen molar-refractivity contribution in [3.63, 3.8) is 0 Å². The van der Waals surface area contributed by atoms with E-state index in [0.717, 1.165) is 14.9 Å². The summed E-state index contributed by atoms with van der Waals surface area (Å²) in [5.41, 5.74) is 1.74. The standard InChI is InChI=1S/C15H14BrNOS/c1-17(10-12-5-2-3-8-14(12)16)15(18)11-6-4-7-13(19)9-11/h2-9,19H,10H2,1H3. The minimum Gasteiger partial charge on any atom is -0.337 e. The van der Waals surface area contributed by atoms with Gasteiger partial charge in [0.05, 0.1) is 0 Å². The van der Waals surface area contributed by atoms with Crippen molar-refractivity contribution in [3.8, 4) is 0 Å². The molecule has 19 heavy (non-hydrogen) atoms. The van der Waals surface area contributed by atoms with Gasteiger partial charge in [-0.1, -0.05) is 40.2 Å². The van der Waals surface area contributed by atoms with Crippen LogP contribution in [0.5, 0.6) is 0 Å². The molecule has 0 bridgehead atoms. The highest BCUT2D eigenvalue weighted by Gasteiger charge is 2.13. The number of amides is 1. The molecule has 0 saturated heterocycles. The summed E-state index contributed by atoms with van der Waals surface area (Å²) in [6, 6.07) is 15.2. The number of rotatable bonds is 3. The average molecular weight is 336 g/mol. The van der Waals surface area contributed by atoms with Crippen molar-refractivity contribution in [3.05, 3.63) is 64.1 Å². The van der Waals surface area contributed by atoms with Gasteiger partial charge in [-0.25, -0.2) is 0 Å². The van der Waals surface area contributed by atoms with Gasteiger partial charge in [0.1, 0.15) is 0 Å². The minimum absolute atomic E-state index is 0.00773. The molecule has 1 amide bonds. The Morgan fingerprint density at radius 1 is 1.21 bits per heavy atom. The van der Waals surface area contributed by atoms with Crippen LogP contribution >= 0.6 is 28.6 Å². The topological polar surface area (TPSA) is 20.3 Å². The minimum atomic E-state index is -0.00773. The van der Waals surface area contributed by atoms with Crippen molar-refractivity contribution in [1.82, 2.24) is 4.90 Å². The van der Waals surface area contributed by atoms with E-state index in [-0.39, 0.29) is 5.91 Å². The summed E-state index contributed by atoms with van der Waals surface area (Å²) in [6.45, 7) is 0.567. The van der Waals surface area contributed by atoms with Gasteiger partial charge in [0.15, 0.2) is 0 Å². The molecule has 4 heteroatoms. The second-order valence-corrected chi connectivity index (χ2v) is 5.67. The van der Waals surface area contributed by atoms with Gasteiger partial charge >= 0.3 is 0 Å². The second kappa shape index (κ2) is 6.26. The Balaban J connectivity index is 2.14. The molecule has 0 atom stereocenters. The van der Waals surface area contributed by atoms with Gasteiger partial charge in [0.25, 0.3) is 5.91 Å². The highest BCUT2D eigenvalue weighted by Crippen LogP contribution is 2.18. The molecule has 0 aliphatic carbocycles. The van der Waals surface area contributed by atoms with Crippen LogP contribution in [0.2, 0.25) is 0 Å². The maximum Gasteiger partial charge on any atom is 0.253 e. The van der Waals surface area contributed by atoms with Crippen molar-refractivity contribution in [1.29, 1.82) is 0 Å². The van der Waals surface area contributed by atoms with E-state index in [1.165, 1.54) is 0 Å². The normalized spacial score (nSPS) is 10.3. The maximum atomic E-state index is 12.3. The predicted octanol–water partition coefficient (Wildman–Crippen LogP) is 4.01. The summed E-state index contributed by atoms with van der Waals surface area (Å²) >= 11 is 7.75. The molecule has 0 fully saturated rings. The Bertz CT molecular complexity index is 600. The van der Waals surface area contributed by atoms with Crippen LogP contribution < -0.4 is 0 Å². The van der Waals surface area contributed by atoms with Crippen LogP contribution in [0.25, 0.3) is 0 Å². The summed E-state index contributed by atoms with van der Waals surface area (Å²) in [5.74, 6) is -0.00773. The molecule has 0 aromatic heterocycles. The third kappa shape index (κ3) is 3.61. The number of nitrogens with zero attached hydrogens (tertiary/aromatic N) is 1. The maximum absolute atomic E-state index is 12.3. The molecule has 0 radical (unpaired) electrons. The van der Waals surface area contributed by atoms with Crippen LogP contribution in [0, 0.1) is 0 Å². The Morgan fingerprint density at radius 3 is 2.63 bits per heavy atom. The van der Waals surface area contributed by atoms with E-state index in [9.17, 15) is 4.79 Å². The number of carbonyl (C=O) groups excluding carboxylic acids is 1. The molecule has 0 spiro atoms. The Hall–Kier alpha value is -1.26. The molecule has 2 aromatic rings. The third-order valence-electron chi connectivity index (χ3n) is 2.81. The van der Waals surface area contributed by atoms with Crippen LogP contribution in [0.3, 0.4) is 0 Å². The van der Waals surface area contributed by atoms with E-state index in [1.807, 2.05) is 36.4 Å². The summed E-state index contributed by atoms with van der Waals surface area (Å²) in [5, 5.41) is 0. The molecular weight excluding hydrogens is 322 g/mol. The van der Waals surface area contributed by atoms with Crippen LogP contribution in [0.15, 0.2) is 57.9 Å². The van der Waals surface area contributed by atoms with Gasteiger partial charge in [0, 0.05) is 28.5 Å². The monoisotopic (exact) mass is 335 g/mol. The first-order chi connectivity index (χ1) is 9.08. The largest absolute Gasteiger partial charge is 0.337 e. The van der Waals surface area contributed by atoms with Gasteiger partial charge in [-0.2, -0.15) is 0 Å². The number of benzene rings is 2. The van der Waals surface area contributed by atoms with E-state index in [0.29, 0.717) is 12.1 Å². The van der Waals surface area contributed by atoms with Gasteiger partial charge < -0.3 is 4.90 Å². The van der Waals surface area contributed by atoms with Crippen LogP contribution in [0.1, 0.15) is 15.9 Å². The number of halogens is 1. The molecule has 0 aliphatic rings. The lowest BCUT2D eigenvalue weighted by Gasteiger charge is -2.18. The van der Waals surface area contributed by atoms with Crippen molar-refractivity contribution >= 4 is 34.5 Å². The van der Waals surface area contributed by atoms with Crippen molar-refractivity contribution in [2.24, 2.45) is 0 Å². The molecule has 2 nitrogen and oxygen atoms in total. The number of thiol groups is 1. The molecule has 0 aliphatic heterocycles. The smallest absolute Gasteiger partial charge is 0.253 e. The Labute approximate surface area is 127 Å². The zero-order valence-electron chi connectivity index (χ0n) is 10.5. The fourth-order valence-corrected chi connectivity index (χ4v) is 2.45. The summed E-state index contributed by atoms with van der Waals surface area (Å²) in [7, 11) is 1.80. The molecular formula is C15H14BrNOS. The van der Waals surface area contributed by atoms with E-state index in [2.05, 4.69) is 28.6 Å². The highest BCUT2D eigenvalue weighted by atomic mass is 79.9. The fraction of sp³-hybridized carbons (Fsp3) is 0.133. The third-order valence-corrected chi connectivity index (χ3v) is 3.86. The second-order valence-electron chi connectivity index (χ2n) is 4.30. The van der Waals surface area contributed by atoms with Gasteiger partial charge in [-0.05, 0) is 29.8 Å². The lowest BCUT2D eigenvalue weighted by atomic mass is 10.1. The zero-order chi connectivity index (χ0) is 13.8. The van der Waals surface area contributed by atoms with E-state index in [1.54, 1.807) is 24.1 Å². The first-order valence-corrected chi connectivity index (χ1v) is 7.10. The first kappa shape index (κ1) is 14.2. The molecule has 98 valence electrons. The first-order valence-electron chi connectivity index (χ1n) is 5.86. The summed E-state index contributed by atoms with van der Waals surface area (Å²) < 4.78 is 1.01. The summed E-state index contributed by atoms with van der Waals surface area (Å²) in [6.07, 6.45) is 0. The summed E-state index contributed by atoms with van der Waals surface area (Å²) in [4.78, 5) is 14.8. The van der Waals surface area contributed by atoms with Gasteiger partial charge in [-0.3, -0.25) is 4.79 Å². The van der Waals surface area contributed by atoms with E-state index < -0.39 is 0 Å². The number of carbonyl (C=O) groups is 1. The zero-order valence-corrected chi connectivity index (χ0v) is 13.0. The SMILES string of the molecule is CN(Cc1ccccc1Br)C(=O)c1cccc(S)c1. The fourth-order valence-electron chi connectivity index (χ4n) is 1.81. The van der Waals surface area contributed by atoms with Crippen LogP contribution in [-0.2, 0) is 6.54 Å². The Morgan fingerprint density at radius 2 is 1.95 bits per heavy atom.